The van der Waals surface area contributed by atoms with Gasteiger partial charge in [0, 0.05) is 29.5 Å². The molecular formula is C18H17ClN4. The topological polar surface area (TPSA) is 41.0 Å². The summed E-state index contributed by atoms with van der Waals surface area (Å²) in [4.78, 5) is 10.6. The zero-order valence-electron chi connectivity index (χ0n) is 13.0. The van der Waals surface area contributed by atoms with Gasteiger partial charge in [-0.15, -0.1) is 0 Å². The maximum atomic E-state index is 6.16. The molecule has 0 aliphatic heterocycles. The van der Waals surface area contributed by atoms with Crippen LogP contribution in [0, 0.1) is 6.92 Å². The fraction of sp³-hybridized carbons (Fsp3) is 0.111. The van der Waals surface area contributed by atoms with Crippen molar-refractivity contribution in [3.05, 3.63) is 71.5 Å². The Bertz CT molecular complexity index is 805. The van der Waals surface area contributed by atoms with Gasteiger partial charge in [-0.2, -0.15) is 0 Å². The molecule has 0 unspecified atom stereocenters. The molecule has 3 aromatic rings. The average molecular weight is 325 g/mol. The molecule has 0 saturated heterocycles. The van der Waals surface area contributed by atoms with E-state index < -0.39 is 0 Å². The van der Waals surface area contributed by atoms with E-state index in [4.69, 9.17) is 11.6 Å². The summed E-state index contributed by atoms with van der Waals surface area (Å²) in [5, 5.41) is 3.98. The number of hydrogen-bond acceptors (Lipinski definition) is 4. The molecule has 0 fully saturated rings. The summed E-state index contributed by atoms with van der Waals surface area (Å²) in [5.74, 6) is 1.53. The number of hydrogen-bond donors (Lipinski definition) is 1. The second-order valence-corrected chi connectivity index (χ2v) is 5.65. The first-order chi connectivity index (χ1) is 11.1. The van der Waals surface area contributed by atoms with Crippen molar-refractivity contribution in [3.8, 4) is 0 Å². The van der Waals surface area contributed by atoms with Crippen LogP contribution >= 0.6 is 11.6 Å². The van der Waals surface area contributed by atoms with Crippen molar-refractivity contribution in [1.82, 2.24) is 9.97 Å². The number of para-hydroxylation sites is 1. The Morgan fingerprint density at radius 2 is 1.78 bits per heavy atom. The molecule has 0 aliphatic carbocycles. The fourth-order valence-electron chi connectivity index (χ4n) is 2.20. The lowest BCUT2D eigenvalue weighted by Crippen LogP contribution is -2.11. The Balaban J connectivity index is 1.83. The zero-order chi connectivity index (χ0) is 16.2. The second-order valence-electron chi connectivity index (χ2n) is 5.24. The molecule has 0 bridgehead atoms. The van der Waals surface area contributed by atoms with Crippen molar-refractivity contribution >= 4 is 34.6 Å². The van der Waals surface area contributed by atoms with Gasteiger partial charge in [0.25, 0.3) is 0 Å². The summed E-state index contributed by atoms with van der Waals surface area (Å²) < 4.78 is 0. The third-order valence-electron chi connectivity index (χ3n) is 3.58. The molecule has 1 N–H and O–H groups in total. The van der Waals surface area contributed by atoms with Crippen LogP contribution < -0.4 is 10.2 Å². The van der Waals surface area contributed by atoms with Crippen molar-refractivity contribution in [2.45, 2.75) is 6.92 Å². The van der Waals surface area contributed by atoms with Crippen LogP contribution in [0.1, 0.15) is 5.56 Å². The van der Waals surface area contributed by atoms with Crippen LogP contribution in [0.15, 0.2) is 60.9 Å². The van der Waals surface area contributed by atoms with Gasteiger partial charge in [0.05, 0.1) is 0 Å². The number of aromatic nitrogens is 2. The molecule has 4 nitrogen and oxygen atoms in total. The Morgan fingerprint density at radius 3 is 2.52 bits per heavy atom. The third-order valence-corrected chi connectivity index (χ3v) is 3.99. The monoisotopic (exact) mass is 324 g/mol. The lowest BCUT2D eigenvalue weighted by Gasteiger charge is -2.18. The van der Waals surface area contributed by atoms with Crippen LogP contribution in [0.3, 0.4) is 0 Å². The molecule has 116 valence electrons. The maximum absolute atomic E-state index is 6.16. The number of nitrogens with one attached hydrogen (secondary N) is 1. The quantitative estimate of drug-likeness (QED) is 0.737. The van der Waals surface area contributed by atoms with Gasteiger partial charge in [0.15, 0.2) is 0 Å². The largest absolute Gasteiger partial charge is 0.340 e. The van der Waals surface area contributed by atoms with Gasteiger partial charge < -0.3 is 10.2 Å². The Labute approximate surface area is 140 Å². The zero-order valence-corrected chi connectivity index (χ0v) is 13.7. The first-order valence-electron chi connectivity index (χ1n) is 7.27. The molecule has 3 rings (SSSR count). The molecule has 0 spiro atoms. The standard InChI is InChI=1S/C18H17ClN4/c1-13-8-9-14(10-16(13)19)22-17-11-18(21-12-20-17)23(2)15-6-4-3-5-7-15/h3-12H,1-2H3,(H,20,21,22). The van der Waals surface area contributed by atoms with Gasteiger partial charge in [-0.1, -0.05) is 35.9 Å². The SMILES string of the molecule is Cc1ccc(Nc2cc(N(C)c3ccccc3)ncn2)cc1Cl. The highest BCUT2D eigenvalue weighted by Crippen LogP contribution is 2.25. The average Bonchev–Trinajstić information content (AvgIpc) is 2.58. The molecule has 5 heteroatoms. The smallest absolute Gasteiger partial charge is 0.138 e. The van der Waals surface area contributed by atoms with Gasteiger partial charge in [-0.05, 0) is 36.8 Å². The highest BCUT2D eigenvalue weighted by Gasteiger charge is 2.07. The third kappa shape index (κ3) is 3.60. The number of aryl methyl sites for hydroxylation is 1. The second kappa shape index (κ2) is 6.67. The van der Waals surface area contributed by atoms with Gasteiger partial charge in [-0.3, -0.25) is 0 Å². The molecule has 0 saturated carbocycles. The lowest BCUT2D eigenvalue weighted by molar-refractivity contribution is 1.08. The van der Waals surface area contributed by atoms with E-state index in [1.807, 2.05) is 73.5 Å². The van der Waals surface area contributed by atoms with Gasteiger partial charge >= 0.3 is 0 Å². The Hall–Kier alpha value is -2.59. The van der Waals surface area contributed by atoms with Crippen molar-refractivity contribution in [2.24, 2.45) is 0 Å². The molecular weight excluding hydrogens is 308 g/mol. The minimum absolute atomic E-state index is 0.720. The summed E-state index contributed by atoms with van der Waals surface area (Å²) in [6, 6.07) is 17.8. The fourth-order valence-corrected chi connectivity index (χ4v) is 2.38. The number of nitrogens with zero attached hydrogens (tertiary/aromatic N) is 3. The molecule has 0 atom stereocenters. The van der Waals surface area contributed by atoms with Crippen LogP contribution in [0.2, 0.25) is 5.02 Å². The Morgan fingerprint density at radius 1 is 1.00 bits per heavy atom. The minimum Gasteiger partial charge on any atom is -0.340 e. The molecule has 0 radical (unpaired) electrons. The van der Waals surface area contributed by atoms with E-state index in [1.165, 1.54) is 0 Å². The summed E-state index contributed by atoms with van der Waals surface area (Å²) in [7, 11) is 1.98. The molecule has 0 amide bonds. The summed E-state index contributed by atoms with van der Waals surface area (Å²) >= 11 is 6.16. The Kier molecular flexibility index (Phi) is 4.44. The molecule has 0 aliphatic rings. The molecule has 1 heterocycles. The summed E-state index contributed by atoms with van der Waals surface area (Å²) in [6.07, 6.45) is 1.55. The number of anilines is 4. The van der Waals surface area contributed by atoms with E-state index >= 15 is 0 Å². The summed E-state index contributed by atoms with van der Waals surface area (Å²) in [6.45, 7) is 1.98. The first kappa shape index (κ1) is 15.3. The van der Waals surface area contributed by atoms with Crippen LogP contribution in [0.25, 0.3) is 0 Å². The van der Waals surface area contributed by atoms with Crippen LogP contribution in [-0.2, 0) is 0 Å². The van der Waals surface area contributed by atoms with Crippen molar-refractivity contribution in [3.63, 3.8) is 0 Å². The number of halogens is 1. The first-order valence-corrected chi connectivity index (χ1v) is 7.65. The molecule has 23 heavy (non-hydrogen) atoms. The van der Waals surface area contributed by atoms with Crippen molar-refractivity contribution in [1.29, 1.82) is 0 Å². The molecule has 1 aromatic heterocycles. The van der Waals surface area contributed by atoms with Gasteiger partial charge in [0.1, 0.15) is 18.0 Å². The van der Waals surface area contributed by atoms with E-state index in [2.05, 4.69) is 15.3 Å². The normalized spacial score (nSPS) is 10.4. The van der Waals surface area contributed by atoms with Crippen molar-refractivity contribution in [2.75, 3.05) is 17.3 Å². The number of benzene rings is 2. The van der Waals surface area contributed by atoms with E-state index in [1.54, 1.807) is 6.33 Å². The maximum Gasteiger partial charge on any atom is 0.138 e. The van der Waals surface area contributed by atoms with E-state index in [0.29, 0.717) is 0 Å². The minimum atomic E-state index is 0.720. The van der Waals surface area contributed by atoms with Gasteiger partial charge in [-0.25, -0.2) is 9.97 Å². The van der Waals surface area contributed by atoms with Crippen LogP contribution in [-0.4, -0.2) is 17.0 Å². The summed E-state index contributed by atoms with van der Waals surface area (Å²) in [5.41, 5.74) is 3.01. The predicted molar refractivity (Wildman–Crippen MR) is 96.0 cm³/mol. The van der Waals surface area contributed by atoms with Crippen LogP contribution in [0.4, 0.5) is 23.0 Å². The van der Waals surface area contributed by atoms with Crippen molar-refractivity contribution < 1.29 is 0 Å². The predicted octanol–water partition coefficient (Wildman–Crippen LogP) is 4.95. The van der Waals surface area contributed by atoms with E-state index in [0.717, 1.165) is 33.6 Å². The van der Waals surface area contributed by atoms with Crippen LogP contribution in [0.5, 0.6) is 0 Å². The lowest BCUT2D eigenvalue weighted by atomic mass is 10.2. The molecule has 2 aromatic carbocycles. The highest BCUT2D eigenvalue weighted by molar-refractivity contribution is 6.31. The number of rotatable bonds is 4. The van der Waals surface area contributed by atoms with E-state index in [-0.39, 0.29) is 0 Å². The highest BCUT2D eigenvalue weighted by atomic mass is 35.5. The van der Waals surface area contributed by atoms with E-state index in [9.17, 15) is 0 Å². The van der Waals surface area contributed by atoms with Gasteiger partial charge in [0.2, 0.25) is 0 Å².